The third-order valence-corrected chi connectivity index (χ3v) is 3.92. The molecule has 1 heterocycles. The summed E-state index contributed by atoms with van der Waals surface area (Å²) in [5.74, 6) is -1.04. The summed E-state index contributed by atoms with van der Waals surface area (Å²) in [6, 6.07) is 13.1. The first-order chi connectivity index (χ1) is 13.3. The summed E-state index contributed by atoms with van der Waals surface area (Å²) in [4.78, 5) is 34.4. The van der Waals surface area contributed by atoms with E-state index in [4.69, 9.17) is 4.74 Å². The number of fused-ring (bicyclic) bond motifs is 1. The number of carbonyl (C=O) groups excluding carboxylic acids is 2. The van der Waals surface area contributed by atoms with Gasteiger partial charge in [-0.15, -0.1) is 0 Å². The smallest absolute Gasteiger partial charge is 0.320 e. The Balaban J connectivity index is 1.61. The van der Waals surface area contributed by atoms with Gasteiger partial charge < -0.3 is 4.74 Å². The first-order valence-electron chi connectivity index (χ1n) is 8.29. The van der Waals surface area contributed by atoms with E-state index in [1.54, 1.807) is 12.1 Å². The highest BCUT2D eigenvalue weighted by Crippen LogP contribution is 2.21. The first kappa shape index (κ1) is 18.8. The molecule has 0 aliphatic carbocycles. The first-order valence-corrected chi connectivity index (χ1v) is 8.29. The maximum Gasteiger partial charge on any atom is 0.320 e. The second kappa shape index (κ2) is 7.74. The molecule has 1 atom stereocenters. The van der Waals surface area contributed by atoms with E-state index in [-0.39, 0.29) is 0 Å². The molecule has 0 spiro atoms. The van der Waals surface area contributed by atoms with Gasteiger partial charge >= 0.3 is 5.69 Å². The molecule has 0 fully saturated rings. The van der Waals surface area contributed by atoms with Crippen LogP contribution in [0.4, 0.5) is 5.69 Å². The Morgan fingerprint density at radius 2 is 1.89 bits per heavy atom. The SMILES string of the molecule is C[C@H](Oc1ccc2ccccc2c1)C(=O)NNC(=O)c1nn(C)cc1[N+](=O)[O-]. The lowest BCUT2D eigenvalue weighted by atomic mass is 10.1. The number of nitro groups is 1. The zero-order chi connectivity index (χ0) is 20.3. The molecule has 28 heavy (non-hydrogen) atoms. The highest BCUT2D eigenvalue weighted by molar-refractivity contribution is 5.97. The minimum Gasteiger partial charge on any atom is -0.481 e. The minimum atomic E-state index is -0.916. The largest absolute Gasteiger partial charge is 0.481 e. The van der Waals surface area contributed by atoms with Gasteiger partial charge in [0.15, 0.2) is 6.10 Å². The van der Waals surface area contributed by atoms with E-state index in [2.05, 4.69) is 16.0 Å². The Morgan fingerprint density at radius 3 is 2.61 bits per heavy atom. The summed E-state index contributed by atoms with van der Waals surface area (Å²) in [6.45, 7) is 1.51. The van der Waals surface area contributed by atoms with E-state index in [1.165, 1.54) is 14.0 Å². The minimum absolute atomic E-state index is 0.407. The van der Waals surface area contributed by atoms with Crippen LogP contribution in [0.3, 0.4) is 0 Å². The number of aromatic nitrogens is 2. The maximum absolute atomic E-state index is 12.2. The average molecular weight is 383 g/mol. The van der Waals surface area contributed by atoms with E-state index in [0.717, 1.165) is 21.7 Å². The predicted octanol–water partition coefficient (Wildman–Crippen LogP) is 1.71. The number of rotatable bonds is 5. The molecule has 10 heteroatoms. The van der Waals surface area contributed by atoms with Gasteiger partial charge in [0.25, 0.3) is 11.8 Å². The molecule has 3 aromatic rings. The van der Waals surface area contributed by atoms with Gasteiger partial charge in [-0.25, -0.2) is 0 Å². The van der Waals surface area contributed by atoms with Crippen LogP contribution in [0.25, 0.3) is 10.8 Å². The molecule has 0 bridgehead atoms. The summed E-state index contributed by atoms with van der Waals surface area (Å²) in [6.07, 6.45) is 0.183. The van der Waals surface area contributed by atoms with Crippen molar-refractivity contribution in [3.05, 3.63) is 64.5 Å². The normalized spacial score (nSPS) is 11.6. The predicted molar refractivity (Wildman–Crippen MR) is 99.5 cm³/mol. The fourth-order valence-corrected chi connectivity index (χ4v) is 2.55. The van der Waals surface area contributed by atoms with Crippen LogP contribution in [-0.2, 0) is 11.8 Å². The Morgan fingerprint density at radius 1 is 1.18 bits per heavy atom. The average Bonchev–Trinajstić information content (AvgIpc) is 3.08. The van der Waals surface area contributed by atoms with Crippen molar-refractivity contribution in [3.8, 4) is 5.75 Å². The monoisotopic (exact) mass is 383 g/mol. The van der Waals surface area contributed by atoms with Crippen molar-refractivity contribution in [1.29, 1.82) is 0 Å². The van der Waals surface area contributed by atoms with Crippen molar-refractivity contribution < 1.29 is 19.2 Å². The molecular formula is C18H17N5O5. The Hall–Kier alpha value is -3.95. The summed E-state index contributed by atoms with van der Waals surface area (Å²) in [5, 5.41) is 16.7. The molecule has 1 aromatic heterocycles. The number of hydrogen-bond acceptors (Lipinski definition) is 6. The zero-order valence-corrected chi connectivity index (χ0v) is 15.1. The standard InChI is InChI=1S/C18H17N5O5/c1-11(28-14-8-7-12-5-3-4-6-13(12)9-14)17(24)19-20-18(25)16-15(23(26)27)10-22(2)21-16/h3-11H,1-2H3,(H,19,24)(H,20,25)/t11-/m0/s1. The highest BCUT2D eigenvalue weighted by Gasteiger charge is 2.25. The number of nitrogens with zero attached hydrogens (tertiary/aromatic N) is 3. The summed E-state index contributed by atoms with van der Waals surface area (Å²) < 4.78 is 6.74. The number of benzene rings is 2. The van der Waals surface area contributed by atoms with Gasteiger partial charge in [0.05, 0.1) is 4.92 Å². The van der Waals surface area contributed by atoms with E-state index in [1.807, 2.05) is 30.3 Å². The van der Waals surface area contributed by atoms with Crippen LogP contribution in [0.5, 0.6) is 5.75 Å². The zero-order valence-electron chi connectivity index (χ0n) is 15.1. The van der Waals surface area contributed by atoms with Gasteiger partial charge in [-0.1, -0.05) is 30.3 Å². The second-order valence-corrected chi connectivity index (χ2v) is 6.01. The highest BCUT2D eigenvalue weighted by atomic mass is 16.6. The Bertz CT molecular complexity index is 1060. The summed E-state index contributed by atoms with van der Waals surface area (Å²) >= 11 is 0. The fourth-order valence-electron chi connectivity index (χ4n) is 2.55. The van der Waals surface area contributed by atoms with E-state index in [0.29, 0.717) is 5.75 Å². The Kier molecular flexibility index (Phi) is 5.21. The van der Waals surface area contributed by atoms with Gasteiger partial charge in [0.2, 0.25) is 5.69 Å². The van der Waals surface area contributed by atoms with Crippen molar-refractivity contribution in [2.24, 2.45) is 7.05 Å². The van der Waals surface area contributed by atoms with Gasteiger partial charge in [-0.3, -0.25) is 35.2 Å². The summed E-state index contributed by atoms with van der Waals surface area (Å²) in [7, 11) is 1.45. The Labute approximate surface area is 159 Å². The number of amides is 2. The molecule has 3 rings (SSSR count). The third-order valence-electron chi connectivity index (χ3n) is 3.92. The molecule has 0 unspecified atom stereocenters. The molecule has 0 aliphatic rings. The molecule has 10 nitrogen and oxygen atoms in total. The van der Waals surface area contributed by atoms with Crippen LogP contribution >= 0.6 is 0 Å². The van der Waals surface area contributed by atoms with Gasteiger partial charge in [0.1, 0.15) is 11.9 Å². The van der Waals surface area contributed by atoms with Crippen LogP contribution in [0, 0.1) is 10.1 Å². The number of ether oxygens (including phenoxy) is 1. The van der Waals surface area contributed by atoms with E-state index in [9.17, 15) is 19.7 Å². The van der Waals surface area contributed by atoms with Crippen LogP contribution < -0.4 is 15.6 Å². The molecular weight excluding hydrogens is 366 g/mol. The second-order valence-electron chi connectivity index (χ2n) is 6.01. The van der Waals surface area contributed by atoms with Crippen molar-refractivity contribution in [3.63, 3.8) is 0 Å². The van der Waals surface area contributed by atoms with E-state index < -0.39 is 34.2 Å². The lowest BCUT2D eigenvalue weighted by molar-refractivity contribution is -0.385. The van der Waals surface area contributed by atoms with Crippen molar-refractivity contribution in [1.82, 2.24) is 20.6 Å². The number of carbonyl (C=O) groups is 2. The van der Waals surface area contributed by atoms with Gasteiger partial charge in [-0.2, -0.15) is 5.10 Å². The molecule has 0 aliphatic heterocycles. The van der Waals surface area contributed by atoms with Crippen molar-refractivity contribution >= 4 is 28.3 Å². The van der Waals surface area contributed by atoms with Crippen LogP contribution in [-0.4, -0.2) is 32.6 Å². The van der Waals surface area contributed by atoms with Crippen LogP contribution in [0.1, 0.15) is 17.4 Å². The molecule has 2 amide bonds. The number of hydrogen-bond donors (Lipinski definition) is 2. The summed E-state index contributed by atoms with van der Waals surface area (Å²) in [5.41, 5.74) is 3.41. The number of hydrazine groups is 1. The number of nitrogens with one attached hydrogen (secondary N) is 2. The van der Waals surface area contributed by atoms with E-state index >= 15 is 0 Å². The fraction of sp³-hybridized carbons (Fsp3) is 0.167. The lowest BCUT2D eigenvalue weighted by Crippen LogP contribution is -2.47. The maximum atomic E-state index is 12.2. The molecule has 2 N–H and O–H groups in total. The molecule has 144 valence electrons. The van der Waals surface area contributed by atoms with Gasteiger partial charge in [0, 0.05) is 7.05 Å². The third kappa shape index (κ3) is 4.06. The number of aryl methyl sites for hydroxylation is 1. The quantitative estimate of drug-likeness (QED) is 0.510. The van der Waals surface area contributed by atoms with Crippen LogP contribution in [0.15, 0.2) is 48.7 Å². The molecule has 0 saturated carbocycles. The van der Waals surface area contributed by atoms with Crippen LogP contribution in [0.2, 0.25) is 0 Å². The topological polar surface area (TPSA) is 128 Å². The molecule has 0 radical (unpaired) electrons. The molecule has 2 aromatic carbocycles. The van der Waals surface area contributed by atoms with Crippen molar-refractivity contribution in [2.45, 2.75) is 13.0 Å². The van der Waals surface area contributed by atoms with Gasteiger partial charge in [-0.05, 0) is 29.8 Å². The van der Waals surface area contributed by atoms with Crippen molar-refractivity contribution in [2.75, 3.05) is 0 Å². The lowest BCUT2D eigenvalue weighted by Gasteiger charge is -2.15. The molecule has 0 saturated heterocycles.